The van der Waals surface area contributed by atoms with Gasteiger partial charge in [0, 0.05) is 32.6 Å². The molecule has 0 atom stereocenters. The number of carbonyl (C=O) groups excluding carboxylic acids is 2. The number of nitrogens with zero attached hydrogens (tertiary/aromatic N) is 1. The molecule has 0 saturated carbocycles. The molecule has 0 spiro atoms. The fourth-order valence-electron chi connectivity index (χ4n) is 2.34. The lowest BCUT2D eigenvalue weighted by Crippen LogP contribution is -2.30. The Morgan fingerprint density at radius 1 is 0.929 bits per heavy atom. The maximum Gasteiger partial charge on any atom is 0.272 e. The van der Waals surface area contributed by atoms with E-state index in [2.05, 4.69) is 47.5 Å². The molecule has 0 unspecified atom stereocenters. The van der Waals surface area contributed by atoms with Gasteiger partial charge in [0.1, 0.15) is 5.70 Å². The first-order chi connectivity index (χ1) is 13.5. The van der Waals surface area contributed by atoms with E-state index in [9.17, 15) is 9.59 Å². The average Bonchev–Trinajstić information content (AvgIpc) is 2.70. The first-order valence-corrected chi connectivity index (χ1v) is 9.85. The van der Waals surface area contributed by atoms with Crippen molar-refractivity contribution in [3.8, 4) is 0 Å². The van der Waals surface area contributed by atoms with Gasteiger partial charge in [0.15, 0.2) is 0 Å². The number of benzene rings is 2. The van der Waals surface area contributed by atoms with E-state index in [0.29, 0.717) is 16.8 Å². The van der Waals surface area contributed by atoms with Crippen molar-refractivity contribution in [2.24, 2.45) is 0 Å². The van der Waals surface area contributed by atoms with Gasteiger partial charge in [-0.1, -0.05) is 44.0 Å². The van der Waals surface area contributed by atoms with Crippen molar-refractivity contribution in [1.29, 1.82) is 0 Å². The van der Waals surface area contributed by atoms with Gasteiger partial charge < -0.3 is 10.6 Å². The van der Waals surface area contributed by atoms with E-state index in [0.717, 1.165) is 8.95 Å². The monoisotopic (exact) mass is 499 g/mol. The number of rotatable bonds is 5. The zero-order valence-electron chi connectivity index (χ0n) is 14.5. The van der Waals surface area contributed by atoms with Gasteiger partial charge in [-0.3, -0.25) is 14.6 Å². The second kappa shape index (κ2) is 9.43. The van der Waals surface area contributed by atoms with Crippen LogP contribution in [0.1, 0.15) is 15.9 Å². The maximum absolute atomic E-state index is 12.8. The van der Waals surface area contributed by atoms with E-state index < -0.39 is 5.91 Å². The number of aromatic nitrogens is 1. The van der Waals surface area contributed by atoms with Crippen LogP contribution in [0.2, 0.25) is 0 Å². The Morgan fingerprint density at radius 2 is 1.71 bits per heavy atom. The lowest BCUT2D eigenvalue weighted by atomic mass is 10.2. The van der Waals surface area contributed by atoms with Crippen molar-refractivity contribution >= 4 is 55.4 Å². The third-order valence-electron chi connectivity index (χ3n) is 3.68. The molecule has 2 aromatic carbocycles. The Labute approximate surface area is 179 Å². The summed E-state index contributed by atoms with van der Waals surface area (Å²) in [7, 11) is 0. The number of nitrogens with one attached hydrogen (secondary N) is 2. The molecule has 7 heteroatoms. The molecule has 0 aliphatic carbocycles. The van der Waals surface area contributed by atoms with Crippen LogP contribution in [0.25, 0.3) is 6.08 Å². The number of pyridine rings is 1. The van der Waals surface area contributed by atoms with Crippen molar-refractivity contribution in [3.63, 3.8) is 0 Å². The molecule has 1 heterocycles. The maximum atomic E-state index is 12.8. The van der Waals surface area contributed by atoms with Crippen LogP contribution in [-0.2, 0) is 4.79 Å². The van der Waals surface area contributed by atoms with E-state index in [-0.39, 0.29) is 11.6 Å². The number of hydrogen-bond donors (Lipinski definition) is 2. The molecule has 5 nitrogen and oxygen atoms in total. The highest BCUT2D eigenvalue weighted by Gasteiger charge is 2.15. The molecule has 3 rings (SSSR count). The molecule has 0 aliphatic rings. The van der Waals surface area contributed by atoms with E-state index in [1.807, 2.05) is 18.2 Å². The molecule has 0 bridgehead atoms. The quantitative estimate of drug-likeness (QED) is 0.483. The van der Waals surface area contributed by atoms with Gasteiger partial charge in [-0.15, -0.1) is 0 Å². The number of anilines is 1. The van der Waals surface area contributed by atoms with Gasteiger partial charge in [0.25, 0.3) is 11.8 Å². The Hall–Kier alpha value is -2.77. The fourth-order valence-corrected chi connectivity index (χ4v) is 3.01. The predicted octanol–water partition coefficient (Wildman–Crippen LogP) is 5.02. The van der Waals surface area contributed by atoms with Crippen LogP contribution < -0.4 is 10.6 Å². The number of carbonyl (C=O) groups is 2. The van der Waals surface area contributed by atoms with Gasteiger partial charge >= 0.3 is 0 Å². The van der Waals surface area contributed by atoms with Crippen LogP contribution in [0.5, 0.6) is 0 Å². The summed E-state index contributed by atoms with van der Waals surface area (Å²) in [6.45, 7) is 0. The van der Waals surface area contributed by atoms with Crippen molar-refractivity contribution in [2.45, 2.75) is 0 Å². The van der Waals surface area contributed by atoms with Gasteiger partial charge in [-0.05, 0) is 60.2 Å². The van der Waals surface area contributed by atoms with Crippen LogP contribution in [0, 0.1) is 0 Å². The van der Waals surface area contributed by atoms with Crippen molar-refractivity contribution in [1.82, 2.24) is 10.3 Å². The summed E-state index contributed by atoms with van der Waals surface area (Å²) >= 11 is 6.70. The average molecular weight is 501 g/mol. The molecule has 0 radical (unpaired) electrons. The first kappa shape index (κ1) is 20.0. The smallest absolute Gasteiger partial charge is 0.272 e. The molecule has 1 aromatic heterocycles. The Morgan fingerprint density at radius 3 is 2.39 bits per heavy atom. The van der Waals surface area contributed by atoms with E-state index in [1.54, 1.807) is 60.9 Å². The zero-order valence-corrected chi connectivity index (χ0v) is 17.7. The minimum atomic E-state index is -0.436. The number of hydrogen-bond acceptors (Lipinski definition) is 3. The predicted molar refractivity (Wildman–Crippen MR) is 117 cm³/mol. The number of amides is 2. The van der Waals surface area contributed by atoms with Gasteiger partial charge in [0.05, 0.1) is 0 Å². The second-order valence-electron chi connectivity index (χ2n) is 5.77. The van der Waals surface area contributed by atoms with Gasteiger partial charge in [-0.2, -0.15) is 0 Å². The van der Waals surface area contributed by atoms with Crippen LogP contribution in [0.3, 0.4) is 0 Å². The first-order valence-electron chi connectivity index (χ1n) is 8.27. The largest absolute Gasteiger partial charge is 0.321 e. The van der Waals surface area contributed by atoms with Crippen LogP contribution in [0.4, 0.5) is 5.69 Å². The Bertz CT molecular complexity index is 1020. The molecule has 0 fully saturated rings. The highest BCUT2D eigenvalue weighted by Crippen LogP contribution is 2.16. The molecular formula is C21H15Br2N3O2. The summed E-state index contributed by atoms with van der Waals surface area (Å²) in [5.74, 6) is -0.822. The number of halogens is 2. The molecule has 0 aliphatic heterocycles. The second-order valence-corrected chi connectivity index (χ2v) is 7.60. The highest BCUT2D eigenvalue weighted by molar-refractivity contribution is 9.10. The molecule has 28 heavy (non-hydrogen) atoms. The van der Waals surface area contributed by atoms with Crippen molar-refractivity contribution < 1.29 is 9.59 Å². The normalized spacial score (nSPS) is 11.0. The van der Waals surface area contributed by atoms with Crippen LogP contribution >= 0.6 is 31.9 Å². The molecule has 2 amide bonds. The van der Waals surface area contributed by atoms with E-state index >= 15 is 0 Å². The van der Waals surface area contributed by atoms with Crippen LogP contribution in [-0.4, -0.2) is 16.8 Å². The third kappa shape index (κ3) is 5.61. The zero-order chi connectivity index (χ0) is 19.9. The van der Waals surface area contributed by atoms with E-state index in [1.165, 1.54) is 0 Å². The standard InChI is InChI=1S/C21H15Br2N3O2/c22-16-6-8-18(9-7-16)25-21(28)19(11-14-3-2-10-24-13-14)26-20(27)15-4-1-5-17(23)12-15/h1-13H,(H,25,28)(H,26,27)/b19-11+. The summed E-state index contributed by atoms with van der Waals surface area (Å²) in [5, 5.41) is 5.48. The molecule has 140 valence electrons. The molecular weight excluding hydrogens is 486 g/mol. The molecule has 2 N–H and O–H groups in total. The van der Waals surface area contributed by atoms with E-state index in [4.69, 9.17) is 0 Å². The minimum absolute atomic E-state index is 0.112. The summed E-state index contributed by atoms with van der Waals surface area (Å²) < 4.78 is 1.68. The van der Waals surface area contributed by atoms with Crippen LogP contribution in [0.15, 0.2) is 87.7 Å². The third-order valence-corrected chi connectivity index (χ3v) is 4.70. The SMILES string of the molecule is O=C(Nc1ccc(Br)cc1)/C(=C\c1cccnc1)NC(=O)c1cccc(Br)c1. The van der Waals surface area contributed by atoms with Gasteiger partial charge in [0.2, 0.25) is 0 Å². The highest BCUT2D eigenvalue weighted by atomic mass is 79.9. The fraction of sp³-hybridized carbons (Fsp3) is 0. The van der Waals surface area contributed by atoms with Crippen molar-refractivity contribution in [2.75, 3.05) is 5.32 Å². The minimum Gasteiger partial charge on any atom is -0.321 e. The lowest BCUT2D eigenvalue weighted by Gasteiger charge is -2.11. The molecule has 3 aromatic rings. The van der Waals surface area contributed by atoms with Crippen molar-refractivity contribution in [3.05, 3.63) is 98.8 Å². The summed E-state index contributed by atoms with van der Waals surface area (Å²) in [6.07, 6.45) is 4.83. The topological polar surface area (TPSA) is 71.1 Å². The Balaban J connectivity index is 1.86. The molecule has 0 saturated heterocycles. The summed E-state index contributed by atoms with van der Waals surface area (Å²) in [6, 6.07) is 17.7. The Kier molecular flexibility index (Phi) is 6.73. The van der Waals surface area contributed by atoms with Gasteiger partial charge in [-0.25, -0.2) is 0 Å². The summed E-state index contributed by atoms with van der Waals surface area (Å²) in [4.78, 5) is 29.5. The lowest BCUT2D eigenvalue weighted by molar-refractivity contribution is -0.113. The summed E-state index contributed by atoms with van der Waals surface area (Å²) in [5.41, 5.74) is 1.85.